The van der Waals surface area contributed by atoms with Gasteiger partial charge in [-0.15, -0.1) is 0 Å². The molecule has 134 valence electrons. The third-order valence-corrected chi connectivity index (χ3v) is 4.40. The van der Waals surface area contributed by atoms with E-state index in [4.69, 9.17) is 16.3 Å². The second-order valence-electron chi connectivity index (χ2n) is 6.08. The maximum atomic E-state index is 13.0. The van der Waals surface area contributed by atoms with Crippen LogP contribution in [0.25, 0.3) is 0 Å². The highest BCUT2D eigenvalue weighted by Crippen LogP contribution is 2.35. The summed E-state index contributed by atoms with van der Waals surface area (Å²) >= 11 is 6.04. The van der Waals surface area contributed by atoms with Gasteiger partial charge < -0.3 is 9.64 Å². The van der Waals surface area contributed by atoms with Crippen molar-refractivity contribution in [1.29, 1.82) is 0 Å². The summed E-state index contributed by atoms with van der Waals surface area (Å²) in [6.45, 7) is 0.777. The fraction of sp³-hybridized carbons (Fsp3) is 0.389. The number of aromatic nitrogens is 1. The highest BCUT2D eigenvalue weighted by molar-refractivity contribution is 6.29. The average Bonchev–Trinajstić information content (AvgIpc) is 2.60. The van der Waals surface area contributed by atoms with Crippen LogP contribution in [0.1, 0.15) is 18.4 Å². The maximum Gasteiger partial charge on any atom is 0.393 e. The van der Waals surface area contributed by atoms with Crippen molar-refractivity contribution in [2.24, 2.45) is 5.92 Å². The van der Waals surface area contributed by atoms with Gasteiger partial charge in [0.25, 0.3) is 0 Å². The lowest BCUT2D eigenvalue weighted by molar-refractivity contribution is -0.176. The molecule has 1 unspecified atom stereocenters. The molecule has 0 amide bonds. The Morgan fingerprint density at radius 3 is 2.68 bits per heavy atom. The molecule has 1 aliphatic rings. The second kappa shape index (κ2) is 7.52. The van der Waals surface area contributed by atoms with E-state index in [0.717, 1.165) is 5.56 Å². The summed E-state index contributed by atoms with van der Waals surface area (Å²) in [4.78, 5) is 5.80. The van der Waals surface area contributed by atoms with E-state index in [2.05, 4.69) is 4.98 Å². The molecule has 3 nitrogen and oxygen atoms in total. The molecule has 1 fully saturated rings. The van der Waals surface area contributed by atoms with Crippen LogP contribution in [0.4, 0.5) is 19.0 Å². The van der Waals surface area contributed by atoms with Gasteiger partial charge in [0.2, 0.25) is 0 Å². The molecule has 0 saturated carbocycles. The smallest absolute Gasteiger partial charge is 0.393 e. The van der Waals surface area contributed by atoms with E-state index in [1.54, 1.807) is 17.0 Å². The molecule has 1 aromatic heterocycles. The Hall–Kier alpha value is -1.95. The van der Waals surface area contributed by atoms with Crippen molar-refractivity contribution in [3.63, 3.8) is 0 Å². The first-order valence-electron chi connectivity index (χ1n) is 8.08. The number of hydrogen-bond donors (Lipinski definition) is 0. The van der Waals surface area contributed by atoms with Crippen LogP contribution >= 0.6 is 11.6 Å². The van der Waals surface area contributed by atoms with Crippen LogP contribution in [0.3, 0.4) is 0 Å². The summed E-state index contributed by atoms with van der Waals surface area (Å²) in [6, 6.07) is 12.8. The zero-order chi connectivity index (χ0) is 17.9. The average molecular weight is 371 g/mol. The summed E-state index contributed by atoms with van der Waals surface area (Å²) in [6.07, 6.45) is -3.57. The minimum Gasteiger partial charge on any atom is -0.489 e. The monoisotopic (exact) mass is 370 g/mol. The molecule has 0 N–H and O–H groups in total. The van der Waals surface area contributed by atoms with Gasteiger partial charge in [0, 0.05) is 25.2 Å². The topological polar surface area (TPSA) is 25.4 Å². The van der Waals surface area contributed by atoms with Crippen molar-refractivity contribution in [2.45, 2.75) is 25.6 Å². The highest BCUT2D eigenvalue weighted by Gasteiger charge is 2.42. The first kappa shape index (κ1) is 17.9. The standard InChI is InChI=1S/C18H18ClF3N2O/c19-16-9-15(25-12-13-5-2-1-3-6-13)10-17(23-16)24-8-4-7-14(11-24)18(20,21)22/h1-3,5-6,9-10,14H,4,7-8,11-12H2. The van der Waals surface area contributed by atoms with E-state index in [9.17, 15) is 13.2 Å². The molecule has 1 aliphatic heterocycles. The molecule has 25 heavy (non-hydrogen) atoms. The van der Waals surface area contributed by atoms with Crippen molar-refractivity contribution in [3.8, 4) is 5.75 Å². The third-order valence-electron chi connectivity index (χ3n) is 4.21. The van der Waals surface area contributed by atoms with Crippen LogP contribution in [0, 0.1) is 5.92 Å². The van der Waals surface area contributed by atoms with Crippen LogP contribution in [-0.2, 0) is 6.61 Å². The number of halogens is 4. The molecule has 1 saturated heterocycles. The first-order chi connectivity index (χ1) is 11.9. The first-order valence-corrected chi connectivity index (χ1v) is 8.45. The molecule has 0 spiro atoms. The SMILES string of the molecule is FC(F)(F)C1CCCN(c2cc(OCc3ccccc3)cc(Cl)n2)C1. The molecular weight excluding hydrogens is 353 g/mol. The van der Waals surface area contributed by atoms with Gasteiger partial charge in [-0.25, -0.2) is 4.98 Å². The van der Waals surface area contributed by atoms with Crippen molar-refractivity contribution in [3.05, 3.63) is 53.2 Å². The van der Waals surface area contributed by atoms with Crippen LogP contribution < -0.4 is 9.64 Å². The molecule has 0 bridgehead atoms. The number of anilines is 1. The van der Waals surface area contributed by atoms with Gasteiger partial charge in [-0.1, -0.05) is 41.9 Å². The molecule has 2 heterocycles. The minimum absolute atomic E-state index is 0.102. The number of piperidine rings is 1. The predicted octanol–water partition coefficient (Wildman–Crippen LogP) is 5.09. The number of benzene rings is 1. The number of ether oxygens (including phenoxy) is 1. The van der Waals surface area contributed by atoms with Gasteiger partial charge in [0.05, 0.1) is 5.92 Å². The predicted molar refractivity (Wildman–Crippen MR) is 91.0 cm³/mol. The second-order valence-corrected chi connectivity index (χ2v) is 6.47. The summed E-state index contributed by atoms with van der Waals surface area (Å²) in [5.41, 5.74) is 0.993. The van der Waals surface area contributed by atoms with Gasteiger partial charge in [-0.05, 0) is 18.4 Å². The number of rotatable bonds is 4. The molecule has 2 aromatic rings. The quantitative estimate of drug-likeness (QED) is 0.701. The van der Waals surface area contributed by atoms with E-state index >= 15 is 0 Å². The van der Waals surface area contributed by atoms with E-state index < -0.39 is 12.1 Å². The molecule has 1 atom stereocenters. The Bertz CT molecular complexity index is 709. The molecular formula is C18H18ClF3N2O. The highest BCUT2D eigenvalue weighted by atomic mass is 35.5. The molecule has 0 radical (unpaired) electrons. The van der Waals surface area contributed by atoms with Crippen molar-refractivity contribution >= 4 is 17.4 Å². The van der Waals surface area contributed by atoms with Crippen LogP contribution in [0.15, 0.2) is 42.5 Å². The van der Waals surface area contributed by atoms with Crippen LogP contribution in [-0.4, -0.2) is 24.2 Å². The molecule has 1 aromatic carbocycles. The Morgan fingerprint density at radius 2 is 1.96 bits per heavy atom. The number of hydrogen-bond acceptors (Lipinski definition) is 3. The van der Waals surface area contributed by atoms with Crippen LogP contribution in [0.2, 0.25) is 5.15 Å². The van der Waals surface area contributed by atoms with Crippen LogP contribution in [0.5, 0.6) is 5.75 Å². The van der Waals surface area contributed by atoms with Gasteiger partial charge in [-0.3, -0.25) is 0 Å². The number of alkyl halides is 3. The summed E-state index contributed by atoms with van der Waals surface area (Å²) in [5.74, 6) is -0.423. The van der Waals surface area contributed by atoms with E-state index in [0.29, 0.717) is 31.1 Å². The van der Waals surface area contributed by atoms with Gasteiger partial charge in [-0.2, -0.15) is 13.2 Å². The van der Waals surface area contributed by atoms with Gasteiger partial charge in [0.15, 0.2) is 0 Å². The Morgan fingerprint density at radius 1 is 1.20 bits per heavy atom. The molecule has 3 rings (SSSR count). The van der Waals surface area contributed by atoms with Gasteiger partial charge in [0.1, 0.15) is 23.3 Å². The Balaban J connectivity index is 1.72. The summed E-state index contributed by atoms with van der Waals surface area (Å²) < 4.78 is 44.7. The fourth-order valence-electron chi connectivity index (χ4n) is 2.90. The lowest BCUT2D eigenvalue weighted by atomic mass is 9.97. The largest absolute Gasteiger partial charge is 0.489 e. The van der Waals surface area contributed by atoms with Crippen molar-refractivity contribution in [2.75, 3.05) is 18.0 Å². The Labute approximate surface area is 149 Å². The van der Waals surface area contributed by atoms with Gasteiger partial charge >= 0.3 is 6.18 Å². The Kier molecular flexibility index (Phi) is 5.37. The third kappa shape index (κ3) is 4.78. The maximum absolute atomic E-state index is 13.0. The van der Waals surface area contributed by atoms with E-state index in [1.807, 2.05) is 30.3 Å². The van der Waals surface area contributed by atoms with E-state index in [1.165, 1.54) is 0 Å². The minimum atomic E-state index is -4.19. The normalized spacial score (nSPS) is 18.2. The lowest BCUT2D eigenvalue weighted by Crippen LogP contribution is -2.42. The number of nitrogens with zero attached hydrogens (tertiary/aromatic N) is 2. The van der Waals surface area contributed by atoms with E-state index in [-0.39, 0.29) is 18.1 Å². The van der Waals surface area contributed by atoms with Crippen molar-refractivity contribution in [1.82, 2.24) is 4.98 Å². The fourth-order valence-corrected chi connectivity index (χ4v) is 3.09. The summed E-state index contributed by atoms with van der Waals surface area (Å²) in [7, 11) is 0. The zero-order valence-electron chi connectivity index (χ0n) is 13.5. The zero-order valence-corrected chi connectivity index (χ0v) is 14.2. The summed E-state index contributed by atoms with van der Waals surface area (Å²) in [5, 5.41) is 0.203. The molecule has 7 heteroatoms. The molecule has 0 aliphatic carbocycles. The number of pyridine rings is 1. The lowest BCUT2D eigenvalue weighted by Gasteiger charge is -2.34. The van der Waals surface area contributed by atoms with Crippen molar-refractivity contribution < 1.29 is 17.9 Å².